The van der Waals surface area contributed by atoms with Crippen molar-refractivity contribution in [3.05, 3.63) is 69.8 Å². The smallest absolute Gasteiger partial charge is 0.337 e. The Hall–Kier alpha value is -3.21. The molecule has 1 fully saturated rings. The van der Waals surface area contributed by atoms with Gasteiger partial charge in [-0.25, -0.2) is 4.79 Å². The number of carbonyl (C=O) groups excluding carboxylic acids is 2. The summed E-state index contributed by atoms with van der Waals surface area (Å²) in [6, 6.07) is 10.9. The van der Waals surface area contributed by atoms with E-state index < -0.39 is 0 Å². The average Bonchev–Trinajstić information content (AvgIpc) is 3.11. The van der Waals surface area contributed by atoms with Crippen LogP contribution < -0.4 is 0 Å². The Bertz CT molecular complexity index is 1200. The van der Waals surface area contributed by atoms with E-state index in [1.807, 2.05) is 71.9 Å². The van der Waals surface area contributed by atoms with Crippen LogP contribution >= 0.6 is 0 Å². The van der Waals surface area contributed by atoms with Crippen molar-refractivity contribution < 1.29 is 19.4 Å². The molecule has 38 heavy (non-hydrogen) atoms. The SMILES string of the molecule is CCCC1CC(CC(=O)c2cc(C(C)(C)C)c(O)c(C(C)(C)C)c2)C(=N)/C1=C\c1ccc(C(=O)OC)cc1. The molecule has 0 amide bonds. The second-order valence-electron chi connectivity index (χ2n) is 12.6. The molecular weight excluding hydrogens is 474 g/mol. The molecule has 0 aliphatic heterocycles. The first-order chi connectivity index (χ1) is 17.7. The van der Waals surface area contributed by atoms with E-state index in [1.54, 1.807) is 12.1 Å². The topological polar surface area (TPSA) is 87.5 Å². The Morgan fingerprint density at radius 3 is 2.00 bits per heavy atom. The van der Waals surface area contributed by atoms with Gasteiger partial charge < -0.3 is 15.3 Å². The van der Waals surface area contributed by atoms with Gasteiger partial charge in [-0.3, -0.25) is 4.79 Å². The minimum Gasteiger partial charge on any atom is -0.507 e. The average molecular weight is 518 g/mol. The number of carbonyl (C=O) groups is 2. The number of nitrogens with one attached hydrogen (secondary N) is 1. The molecule has 204 valence electrons. The predicted octanol–water partition coefficient (Wildman–Crippen LogP) is 7.89. The van der Waals surface area contributed by atoms with Crippen LogP contribution in [0, 0.1) is 17.2 Å². The summed E-state index contributed by atoms with van der Waals surface area (Å²) in [6.45, 7) is 14.4. The Morgan fingerprint density at radius 2 is 1.53 bits per heavy atom. The lowest BCUT2D eigenvalue weighted by Gasteiger charge is -2.28. The van der Waals surface area contributed by atoms with E-state index >= 15 is 0 Å². The summed E-state index contributed by atoms with van der Waals surface area (Å²) in [5.74, 6) is -0.0275. The van der Waals surface area contributed by atoms with Gasteiger partial charge >= 0.3 is 5.97 Å². The largest absolute Gasteiger partial charge is 0.507 e. The molecule has 2 aromatic rings. The molecule has 2 unspecified atom stereocenters. The number of ketones is 1. The Morgan fingerprint density at radius 1 is 0.974 bits per heavy atom. The number of phenols is 1. The number of esters is 1. The van der Waals surface area contributed by atoms with Gasteiger partial charge in [-0.05, 0) is 71.1 Å². The van der Waals surface area contributed by atoms with Crippen LogP contribution in [0.1, 0.15) is 112 Å². The molecular formula is C33H43NO4. The van der Waals surface area contributed by atoms with Crippen molar-refractivity contribution in [3.63, 3.8) is 0 Å². The maximum Gasteiger partial charge on any atom is 0.337 e. The molecule has 1 saturated carbocycles. The molecule has 5 heteroatoms. The zero-order chi connectivity index (χ0) is 28.4. The Labute approximate surface area is 227 Å². The molecule has 2 N–H and O–H groups in total. The van der Waals surface area contributed by atoms with E-state index in [4.69, 9.17) is 10.1 Å². The van der Waals surface area contributed by atoms with Gasteiger partial charge in [-0.15, -0.1) is 0 Å². The fourth-order valence-corrected chi connectivity index (χ4v) is 5.34. The van der Waals surface area contributed by atoms with Gasteiger partial charge in [0.15, 0.2) is 5.78 Å². The minimum atomic E-state index is -0.376. The van der Waals surface area contributed by atoms with Gasteiger partial charge in [0.1, 0.15) is 5.75 Å². The molecule has 0 spiro atoms. The third kappa shape index (κ3) is 6.43. The van der Waals surface area contributed by atoms with E-state index in [-0.39, 0.29) is 46.6 Å². The summed E-state index contributed by atoms with van der Waals surface area (Å²) in [7, 11) is 1.36. The highest BCUT2D eigenvalue weighted by atomic mass is 16.5. The molecule has 1 aliphatic carbocycles. The first-order valence-electron chi connectivity index (χ1n) is 13.6. The van der Waals surface area contributed by atoms with E-state index in [9.17, 15) is 14.7 Å². The number of hydrogen-bond donors (Lipinski definition) is 2. The molecule has 0 heterocycles. The van der Waals surface area contributed by atoms with Gasteiger partial charge in [0.2, 0.25) is 0 Å². The number of methoxy groups -OCH3 is 1. The normalized spacial score (nSPS) is 19.2. The van der Waals surface area contributed by atoms with Crippen LogP contribution in [-0.2, 0) is 15.6 Å². The van der Waals surface area contributed by atoms with Gasteiger partial charge in [-0.2, -0.15) is 0 Å². The van der Waals surface area contributed by atoms with Crippen LogP contribution in [0.2, 0.25) is 0 Å². The van der Waals surface area contributed by atoms with Crippen molar-refractivity contribution in [2.24, 2.45) is 11.8 Å². The van der Waals surface area contributed by atoms with Crippen LogP contribution in [-0.4, -0.2) is 29.7 Å². The predicted molar refractivity (Wildman–Crippen MR) is 154 cm³/mol. The number of hydrogen-bond acceptors (Lipinski definition) is 5. The summed E-state index contributed by atoms with van der Waals surface area (Å²) in [4.78, 5) is 25.4. The summed E-state index contributed by atoms with van der Waals surface area (Å²) in [5, 5.41) is 20.0. The molecule has 0 aromatic heterocycles. The number of phenolic OH excluding ortho intramolecular Hbond substituents is 1. The van der Waals surface area contributed by atoms with Crippen molar-refractivity contribution in [2.45, 2.75) is 85.0 Å². The molecule has 5 nitrogen and oxygen atoms in total. The highest BCUT2D eigenvalue weighted by Gasteiger charge is 2.36. The fourth-order valence-electron chi connectivity index (χ4n) is 5.34. The van der Waals surface area contributed by atoms with Crippen LogP contribution in [0.4, 0.5) is 0 Å². The highest BCUT2D eigenvalue weighted by molar-refractivity contribution is 6.09. The van der Waals surface area contributed by atoms with Gasteiger partial charge in [0.25, 0.3) is 0 Å². The summed E-state index contributed by atoms with van der Waals surface area (Å²) >= 11 is 0. The number of Topliss-reactive ketones (excluding diaryl/α,β-unsaturated/α-hetero) is 1. The van der Waals surface area contributed by atoms with Crippen molar-refractivity contribution in [3.8, 4) is 5.75 Å². The van der Waals surface area contributed by atoms with Gasteiger partial charge in [-0.1, -0.05) is 67.0 Å². The fraction of sp³-hybridized carbons (Fsp3) is 0.485. The van der Waals surface area contributed by atoms with Gasteiger partial charge in [0, 0.05) is 34.7 Å². The van der Waals surface area contributed by atoms with Crippen molar-refractivity contribution >= 4 is 23.5 Å². The third-order valence-corrected chi connectivity index (χ3v) is 7.50. The van der Waals surface area contributed by atoms with Crippen LogP contribution in [0.3, 0.4) is 0 Å². The second-order valence-corrected chi connectivity index (χ2v) is 12.6. The summed E-state index contributed by atoms with van der Waals surface area (Å²) < 4.78 is 4.79. The number of rotatable bonds is 7. The Balaban J connectivity index is 1.91. The summed E-state index contributed by atoms with van der Waals surface area (Å²) in [5.41, 5.74) is 4.44. The number of allylic oxidation sites excluding steroid dienone is 1. The Kier molecular flexibility index (Phi) is 8.70. The lowest BCUT2D eigenvalue weighted by molar-refractivity contribution is 0.0600. The summed E-state index contributed by atoms with van der Waals surface area (Å²) in [6.07, 6.45) is 5.04. The van der Waals surface area contributed by atoms with Crippen LogP contribution in [0.15, 0.2) is 42.0 Å². The molecule has 3 rings (SSSR count). The number of aromatic hydroxyl groups is 1. The molecule has 2 aromatic carbocycles. The van der Waals surface area contributed by atoms with E-state index in [2.05, 4.69) is 6.92 Å². The number of ether oxygens (including phenoxy) is 1. The third-order valence-electron chi connectivity index (χ3n) is 7.50. The van der Waals surface area contributed by atoms with E-state index in [0.29, 0.717) is 16.8 Å². The first-order valence-corrected chi connectivity index (χ1v) is 13.6. The molecule has 0 bridgehead atoms. The van der Waals surface area contributed by atoms with Crippen molar-refractivity contribution in [1.82, 2.24) is 0 Å². The van der Waals surface area contributed by atoms with E-state index in [1.165, 1.54) is 7.11 Å². The number of benzene rings is 2. The first kappa shape index (κ1) is 29.3. The molecule has 1 aliphatic rings. The van der Waals surface area contributed by atoms with E-state index in [0.717, 1.165) is 41.5 Å². The minimum absolute atomic E-state index is 0.00896. The quantitative estimate of drug-likeness (QED) is 0.289. The molecule has 2 atom stereocenters. The maximum atomic E-state index is 13.6. The monoisotopic (exact) mass is 517 g/mol. The van der Waals surface area contributed by atoms with Crippen LogP contribution in [0.5, 0.6) is 5.75 Å². The van der Waals surface area contributed by atoms with Crippen molar-refractivity contribution in [2.75, 3.05) is 7.11 Å². The molecule has 0 saturated heterocycles. The second kappa shape index (κ2) is 11.3. The maximum absolute atomic E-state index is 13.6. The zero-order valence-electron chi connectivity index (χ0n) is 24.2. The van der Waals surface area contributed by atoms with Crippen LogP contribution in [0.25, 0.3) is 6.08 Å². The highest BCUT2D eigenvalue weighted by Crippen LogP contribution is 2.42. The van der Waals surface area contributed by atoms with Crippen molar-refractivity contribution in [1.29, 1.82) is 5.41 Å². The zero-order valence-corrected chi connectivity index (χ0v) is 24.2. The van der Waals surface area contributed by atoms with Gasteiger partial charge in [0.05, 0.1) is 12.7 Å². The lowest BCUT2D eigenvalue weighted by atomic mass is 9.77. The standard InChI is InChI=1S/C33H43NO4/c1-9-10-22-16-24(29(34)25(22)15-20-11-13-21(14-12-20)31(37)38-8)19-28(35)23-17-26(32(2,3)4)30(36)27(18-23)33(5,6)7/h11-15,17-18,22,24,34,36H,9-10,16,19H2,1-8H3/b25-15-,34-29?. The molecule has 0 radical (unpaired) electrons. The lowest BCUT2D eigenvalue weighted by Crippen LogP contribution is -2.20.